The molecule has 0 rings (SSSR count). The van der Waals surface area contributed by atoms with Gasteiger partial charge in [-0.3, -0.25) is 9.05 Å². The van der Waals surface area contributed by atoms with Gasteiger partial charge in [-0.2, -0.15) is 39.5 Å². The van der Waals surface area contributed by atoms with E-state index in [0.29, 0.717) is 0 Å². The van der Waals surface area contributed by atoms with E-state index >= 15 is 0 Å². The van der Waals surface area contributed by atoms with Crippen LogP contribution >= 0.6 is 15.0 Å². The number of hydrogen-bond acceptors (Lipinski definition) is 5. The monoisotopic (exact) mass is 391 g/mol. The van der Waals surface area contributed by atoms with Gasteiger partial charge < -0.3 is 0 Å². The van der Waals surface area contributed by atoms with Crippen LogP contribution in [0.5, 0.6) is 0 Å². The van der Waals surface area contributed by atoms with E-state index in [2.05, 4.69) is 13.6 Å². The van der Waals surface area contributed by atoms with Crippen LogP contribution in [-0.2, 0) is 22.7 Å². The molecule has 16 heteroatoms. The zero-order valence-electron chi connectivity index (χ0n) is 9.96. The van der Waals surface area contributed by atoms with E-state index < -0.39 is 53.4 Å². The molecule has 0 aromatic carbocycles. The van der Waals surface area contributed by atoms with E-state index in [0.717, 1.165) is 0 Å². The van der Waals surface area contributed by atoms with Crippen molar-refractivity contribution in [3.63, 3.8) is 0 Å². The van der Waals surface area contributed by atoms with Gasteiger partial charge in [-0.05, 0) is 4.57 Å². The van der Waals surface area contributed by atoms with Crippen LogP contribution in [0.25, 0.3) is 0 Å². The summed E-state index contributed by atoms with van der Waals surface area (Å²) >= 11 is 0. The number of rotatable bonds is 7. The summed E-state index contributed by atoms with van der Waals surface area (Å²) in [7, 11) is -10.00. The molecule has 1 unspecified atom stereocenters. The maximum absolute atomic E-state index is 11.9. The molecule has 0 bridgehead atoms. The molecule has 132 valence electrons. The highest BCUT2D eigenvalue weighted by atomic mass is 32.1. The molecule has 0 N–H and O–H groups in total. The SMILES string of the molecule is O=[P+](OCC(F)(F)F)P(=O)(OCC(F)(F)F)OCC(F)(F)F. The third-order valence-electron chi connectivity index (χ3n) is 1.32. The lowest BCUT2D eigenvalue weighted by atomic mass is 10.7. The smallest absolute Gasteiger partial charge is 0.259 e. The minimum Gasteiger partial charge on any atom is -0.259 e. The van der Waals surface area contributed by atoms with Crippen molar-refractivity contribution in [2.75, 3.05) is 19.8 Å². The van der Waals surface area contributed by atoms with Crippen molar-refractivity contribution in [2.45, 2.75) is 18.5 Å². The summed E-state index contributed by atoms with van der Waals surface area (Å²) in [5.74, 6) is 0. The zero-order chi connectivity index (χ0) is 17.8. The fourth-order valence-electron chi connectivity index (χ4n) is 0.640. The molecule has 0 aromatic rings. The Balaban J connectivity index is 4.98. The van der Waals surface area contributed by atoms with Gasteiger partial charge in [0.25, 0.3) is 0 Å². The van der Waals surface area contributed by atoms with Crippen molar-refractivity contribution in [3.8, 4) is 0 Å². The molecule has 0 aliphatic rings. The Bertz CT molecular complexity index is 406. The van der Waals surface area contributed by atoms with Crippen LogP contribution in [0.3, 0.4) is 0 Å². The lowest BCUT2D eigenvalue weighted by molar-refractivity contribution is -0.165. The van der Waals surface area contributed by atoms with Crippen molar-refractivity contribution >= 4 is 15.0 Å². The van der Waals surface area contributed by atoms with E-state index in [9.17, 15) is 48.6 Å². The molecule has 0 saturated heterocycles. The van der Waals surface area contributed by atoms with Gasteiger partial charge in [-0.15, -0.1) is 4.52 Å². The average molecular weight is 391 g/mol. The molecular formula is C6H6F9O5P2+. The molecule has 0 amide bonds. The van der Waals surface area contributed by atoms with Crippen molar-refractivity contribution in [1.29, 1.82) is 0 Å². The Kier molecular flexibility index (Phi) is 7.29. The van der Waals surface area contributed by atoms with Crippen molar-refractivity contribution in [3.05, 3.63) is 0 Å². The standard InChI is InChI=1S/C6H6F9O5P2/c7-4(8,9)1-18-21(16)22(17,19-2-5(10,11)12)20-3-6(13,14)15/h1-3H2/q+1. The molecule has 0 aromatic heterocycles. The highest BCUT2D eigenvalue weighted by Crippen LogP contribution is 2.71. The first kappa shape index (κ1) is 21.6. The Morgan fingerprint density at radius 3 is 1.32 bits per heavy atom. The summed E-state index contributed by atoms with van der Waals surface area (Å²) in [4.78, 5) is 0. The Hall–Kier alpha value is -0.420. The topological polar surface area (TPSA) is 61.8 Å². The van der Waals surface area contributed by atoms with E-state index in [1.165, 1.54) is 0 Å². The van der Waals surface area contributed by atoms with E-state index in [-0.39, 0.29) is 0 Å². The van der Waals surface area contributed by atoms with Gasteiger partial charge in [0.15, 0.2) is 19.8 Å². The van der Waals surface area contributed by atoms with Crippen molar-refractivity contribution in [1.82, 2.24) is 0 Å². The van der Waals surface area contributed by atoms with E-state index in [1.54, 1.807) is 0 Å². The Morgan fingerprint density at radius 2 is 1.05 bits per heavy atom. The molecule has 1 atom stereocenters. The molecule has 0 aliphatic carbocycles. The number of hydrogen-bond donors (Lipinski definition) is 0. The van der Waals surface area contributed by atoms with Crippen LogP contribution in [0.2, 0.25) is 0 Å². The van der Waals surface area contributed by atoms with Crippen LogP contribution < -0.4 is 0 Å². The zero-order valence-corrected chi connectivity index (χ0v) is 11.7. The largest absolute Gasteiger partial charge is 0.623 e. The van der Waals surface area contributed by atoms with Gasteiger partial charge in [-0.25, -0.2) is 4.57 Å². The quantitative estimate of drug-likeness (QED) is 0.470. The predicted octanol–water partition coefficient (Wildman–Crippen LogP) is 4.57. The average Bonchev–Trinajstić information content (AvgIpc) is 2.28. The maximum Gasteiger partial charge on any atom is 0.623 e. The Morgan fingerprint density at radius 1 is 0.727 bits per heavy atom. The van der Waals surface area contributed by atoms with Crippen LogP contribution in [-0.4, -0.2) is 38.3 Å². The van der Waals surface area contributed by atoms with Gasteiger partial charge in [0.1, 0.15) is 0 Å². The van der Waals surface area contributed by atoms with Gasteiger partial charge >= 0.3 is 33.5 Å². The van der Waals surface area contributed by atoms with E-state index in [1.807, 2.05) is 0 Å². The molecule has 0 fully saturated rings. The normalized spacial score (nSPS) is 15.0. The second-order valence-corrected chi connectivity index (χ2v) is 8.01. The summed E-state index contributed by atoms with van der Waals surface area (Å²) in [5.41, 5.74) is 0. The van der Waals surface area contributed by atoms with E-state index in [4.69, 9.17) is 0 Å². The van der Waals surface area contributed by atoms with Crippen LogP contribution in [0.1, 0.15) is 0 Å². The summed E-state index contributed by atoms with van der Waals surface area (Å²) in [6, 6.07) is 0. The molecule has 5 nitrogen and oxygen atoms in total. The Labute approximate surface area is 117 Å². The number of halogens is 9. The lowest BCUT2D eigenvalue weighted by Gasteiger charge is -2.12. The minimum atomic E-state index is -5.74. The van der Waals surface area contributed by atoms with Gasteiger partial charge in [0.2, 0.25) is 0 Å². The highest BCUT2D eigenvalue weighted by Gasteiger charge is 2.56. The summed E-state index contributed by atoms with van der Waals surface area (Å²) in [5, 5.41) is 0. The second-order valence-electron chi connectivity index (χ2n) is 3.37. The minimum absolute atomic E-state index is 2.34. The van der Waals surface area contributed by atoms with Crippen LogP contribution in [0, 0.1) is 0 Å². The molecule has 0 aliphatic heterocycles. The molecular weight excluding hydrogens is 385 g/mol. The molecule has 0 spiro atoms. The van der Waals surface area contributed by atoms with Crippen LogP contribution in [0.15, 0.2) is 0 Å². The fraction of sp³-hybridized carbons (Fsp3) is 1.00. The summed E-state index contributed by atoms with van der Waals surface area (Å²) < 4.78 is 139. The van der Waals surface area contributed by atoms with Crippen LogP contribution in [0.4, 0.5) is 39.5 Å². The molecule has 0 saturated carbocycles. The van der Waals surface area contributed by atoms with Crippen molar-refractivity contribution < 1.29 is 62.2 Å². The first-order chi connectivity index (χ1) is 9.54. The summed E-state index contributed by atoms with van der Waals surface area (Å²) in [6.07, 6.45) is -15.5. The fourth-order valence-corrected chi connectivity index (χ4v) is 3.43. The molecule has 0 heterocycles. The third kappa shape index (κ3) is 10.3. The lowest BCUT2D eigenvalue weighted by Crippen LogP contribution is -2.20. The van der Waals surface area contributed by atoms with Gasteiger partial charge in [-0.1, -0.05) is 0 Å². The van der Waals surface area contributed by atoms with Crippen molar-refractivity contribution in [2.24, 2.45) is 0 Å². The first-order valence-electron chi connectivity index (χ1n) is 4.74. The van der Waals surface area contributed by atoms with Gasteiger partial charge in [0, 0.05) is 0 Å². The first-order valence-corrected chi connectivity index (χ1v) is 8.17. The summed E-state index contributed by atoms with van der Waals surface area (Å²) in [6.45, 7) is -7.26. The number of alkyl halides is 9. The maximum atomic E-state index is 11.9. The molecule has 22 heavy (non-hydrogen) atoms. The third-order valence-corrected chi connectivity index (χ3v) is 5.22. The van der Waals surface area contributed by atoms with Gasteiger partial charge in [0.05, 0.1) is 0 Å². The second kappa shape index (κ2) is 7.43. The molecule has 0 radical (unpaired) electrons. The predicted molar refractivity (Wildman–Crippen MR) is 51.2 cm³/mol. The highest BCUT2D eigenvalue weighted by molar-refractivity contribution is 8.21.